The van der Waals surface area contributed by atoms with Gasteiger partial charge in [-0.25, -0.2) is 0 Å². The quantitative estimate of drug-likeness (QED) is 0.918. The average molecular weight is 329 g/mol. The van der Waals surface area contributed by atoms with Crippen LogP contribution in [0.3, 0.4) is 0 Å². The number of thiazole rings is 1. The topological polar surface area (TPSA) is 56.7 Å². The Morgan fingerprint density at radius 3 is 2.83 bits per heavy atom. The molecule has 0 amide bonds. The second kappa shape index (κ2) is 5.95. The van der Waals surface area contributed by atoms with Crippen molar-refractivity contribution in [2.75, 3.05) is 0 Å². The molecule has 0 aliphatic rings. The molecule has 18 heavy (non-hydrogen) atoms. The van der Waals surface area contributed by atoms with Crippen molar-refractivity contribution in [1.29, 1.82) is 0 Å². The Balaban J connectivity index is 2.25. The predicted octanol–water partition coefficient (Wildman–Crippen LogP) is 2.93. The molecule has 6 heteroatoms. The zero-order chi connectivity index (χ0) is 13.1. The van der Waals surface area contributed by atoms with Crippen LogP contribution in [0.2, 0.25) is 0 Å². The normalized spacial score (nSPS) is 12.9. The number of aryl methyl sites for hydroxylation is 2. The molecule has 0 aromatic carbocycles. The van der Waals surface area contributed by atoms with Crippen LogP contribution in [-0.4, -0.2) is 14.8 Å². The molecule has 0 saturated carbocycles. The minimum atomic E-state index is -0.0134. The molecule has 2 heterocycles. The van der Waals surface area contributed by atoms with Crippen LogP contribution in [0, 0.1) is 0 Å². The van der Waals surface area contributed by atoms with Crippen LogP contribution >= 0.6 is 27.3 Å². The monoisotopic (exact) mass is 328 g/mol. The van der Waals surface area contributed by atoms with Crippen LogP contribution in [0.25, 0.3) is 0 Å². The highest BCUT2D eigenvalue weighted by Crippen LogP contribution is 2.27. The molecule has 2 rings (SSSR count). The van der Waals surface area contributed by atoms with Gasteiger partial charge < -0.3 is 5.73 Å². The van der Waals surface area contributed by atoms with E-state index in [-0.39, 0.29) is 6.04 Å². The maximum atomic E-state index is 6.22. The van der Waals surface area contributed by atoms with Crippen molar-refractivity contribution >= 4 is 27.3 Å². The number of hydrogen-bond acceptors (Lipinski definition) is 4. The van der Waals surface area contributed by atoms with Gasteiger partial charge in [0, 0.05) is 30.1 Å². The molecule has 1 unspecified atom stereocenters. The highest BCUT2D eigenvalue weighted by atomic mass is 79.9. The van der Waals surface area contributed by atoms with Gasteiger partial charge in [0.2, 0.25) is 0 Å². The van der Waals surface area contributed by atoms with Crippen LogP contribution in [0.1, 0.15) is 36.2 Å². The number of hydrogen-bond donors (Lipinski definition) is 1. The van der Waals surface area contributed by atoms with E-state index in [4.69, 9.17) is 5.73 Å². The lowest BCUT2D eigenvalue weighted by atomic mass is 10.1. The van der Waals surface area contributed by atoms with Crippen LogP contribution in [0.15, 0.2) is 16.2 Å². The van der Waals surface area contributed by atoms with Crippen molar-refractivity contribution in [2.24, 2.45) is 5.73 Å². The summed E-state index contributed by atoms with van der Waals surface area (Å²) in [6.07, 6.45) is 3.55. The van der Waals surface area contributed by atoms with Gasteiger partial charge in [-0.1, -0.05) is 6.92 Å². The lowest BCUT2D eigenvalue weighted by molar-refractivity contribution is 0.587. The maximum absolute atomic E-state index is 6.22. The van der Waals surface area contributed by atoms with Gasteiger partial charge in [0.25, 0.3) is 0 Å². The molecule has 1 atom stereocenters. The van der Waals surface area contributed by atoms with Crippen molar-refractivity contribution in [1.82, 2.24) is 14.8 Å². The Morgan fingerprint density at radius 1 is 1.50 bits per heavy atom. The zero-order valence-corrected chi connectivity index (χ0v) is 13.0. The van der Waals surface area contributed by atoms with Crippen LogP contribution in [0.5, 0.6) is 0 Å². The van der Waals surface area contributed by atoms with Crippen molar-refractivity contribution in [3.05, 3.63) is 32.4 Å². The van der Waals surface area contributed by atoms with E-state index in [0.717, 1.165) is 34.4 Å². The van der Waals surface area contributed by atoms with Gasteiger partial charge >= 0.3 is 0 Å². The Kier molecular flexibility index (Phi) is 4.53. The first-order valence-electron chi connectivity index (χ1n) is 6.05. The Morgan fingerprint density at radius 2 is 2.28 bits per heavy atom. The third-order valence-electron chi connectivity index (χ3n) is 2.92. The summed E-state index contributed by atoms with van der Waals surface area (Å²) in [7, 11) is 0. The predicted molar refractivity (Wildman–Crippen MR) is 77.7 cm³/mol. The molecule has 2 aromatic rings. The molecular formula is C12H17BrN4S. The summed E-state index contributed by atoms with van der Waals surface area (Å²) >= 11 is 5.24. The van der Waals surface area contributed by atoms with Gasteiger partial charge in [-0.3, -0.25) is 9.67 Å². The summed E-state index contributed by atoms with van der Waals surface area (Å²) in [6, 6.07) is -0.0134. The summed E-state index contributed by atoms with van der Waals surface area (Å²) < 4.78 is 3.14. The van der Waals surface area contributed by atoms with Crippen LogP contribution in [0.4, 0.5) is 0 Å². The first-order valence-corrected chi connectivity index (χ1v) is 7.72. The summed E-state index contributed by atoms with van der Waals surface area (Å²) in [5.41, 5.74) is 10.3. The van der Waals surface area contributed by atoms with E-state index in [1.807, 2.05) is 16.4 Å². The van der Waals surface area contributed by atoms with Crippen LogP contribution < -0.4 is 5.73 Å². The molecule has 4 nitrogen and oxygen atoms in total. The summed E-state index contributed by atoms with van der Waals surface area (Å²) in [6.45, 7) is 5.07. The molecule has 0 aliphatic heterocycles. The fourth-order valence-corrected chi connectivity index (χ4v) is 3.28. The smallest absolute Gasteiger partial charge is 0.0794 e. The van der Waals surface area contributed by atoms with Crippen molar-refractivity contribution in [3.63, 3.8) is 0 Å². The number of nitrogens with zero attached hydrogens (tertiary/aromatic N) is 3. The minimum Gasteiger partial charge on any atom is -0.323 e. The largest absolute Gasteiger partial charge is 0.323 e. The standard InChI is InChI=1S/C12H17BrN4S/c1-3-9-12(13)10(17(4-2)16-9)5-8(14)11-6-15-7-18-11/h6-8H,3-5,14H2,1-2H3. The summed E-state index contributed by atoms with van der Waals surface area (Å²) in [5, 5.41) is 4.58. The number of rotatable bonds is 5. The van der Waals surface area contributed by atoms with E-state index < -0.39 is 0 Å². The first-order chi connectivity index (χ1) is 8.67. The van der Waals surface area contributed by atoms with Crippen molar-refractivity contribution in [3.8, 4) is 0 Å². The van der Waals surface area contributed by atoms with E-state index in [1.54, 1.807) is 11.3 Å². The highest BCUT2D eigenvalue weighted by Gasteiger charge is 2.18. The fourth-order valence-electron chi connectivity index (χ4n) is 1.93. The molecule has 0 aliphatic carbocycles. The van der Waals surface area contributed by atoms with Gasteiger partial charge in [-0.05, 0) is 29.3 Å². The molecule has 2 aromatic heterocycles. The third-order valence-corrected chi connectivity index (χ3v) is 4.75. The van der Waals surface area contributed by atoms with E-state index in [1.165, 1.54) is 5.69 Å². The number of nitrogens with two attached hydrogens (primary N) is 1. The summed E-state index contributed by atoms with van der Waals surface area (Å²) in [5.74, 6) is 0. The van der Waals surface area contributed by atoms with E-state index in [0.29, 0.717) is 0 Å². The van der Waals surface area contributed by atoms with Crippen molar-refractivity contribution in [2.45, 2.75) is 39.3 Å². The Labute approximate surface area is 119 Å². The van der Waals surface area contributed by atoms with Gasteiger partial charge in [-0.2, -0.15) is 5.10 Å². The zero-order valence-electron chi connectivity index (χ0n) is 10.6. The van der Waals surface area contributed by atoms with Gasteiger partial charge in [-0.15, -0.1) is 11.3 Å². The first kappa shape index (κ1) is 13.7. The molecule has 0 radical (unpaired) electrons. The van der Waals surface area contributed by atoms with Crippen LogP contribution in [-0.2, 0) is 19.4 Å². The molecular weight excluding hydrogens is 312 g/mol. The minimum absolute atomic E-state index is 0.0134. The Bertz CT molecular complexity index is 506. The van der Waals surface area contributed by atoms with Crippen molar-refractivity contribution < 1.29 is 0 Å². The van der Waals surface area contributed by atoms with Gasteiger partial charge in [0.15, 0.2) is 0 Å². The third kappa shape index (κ3) is 2.65. The molecule has 0 bridgehead atoms. The van der Waals surface area contributed by atoms with E-state index in [2.05, 4.69) is 39.9 Å². The lowest BCUT2D eigenvalue weighted by Crippen LogP contribution is -2.15. The second-order valence-corrected chi connectivity index (χ2v) is 5.80. The molecule has 0 spiro atoms. The fraction of sp³-hybridized carbons (Fsp3) is 0.500. The second-order valence-electron chi connectivity index (χ2n) is 4.09. The maximum Gasteiger partial charge on any atom is 0.0794 e. The van der Waals surface area contributed by atoms with Gasteiger partial charge in [0.1, 0.15) is 0 Å². The number of halogens is 1. The highest BCUT2D eigenvalue weighted by molar-refractivity contribution is 9.10. The van der Waals surface area contributed by atoms with E-state index in [9.17, 15) is 0 Å². The molecule has 0 fully saturated rings. The summed E-state index contributed by atoms with van der Waals surface area (Å²) in [4.78, 5) is 5.19. The SMILES string of the molecule is CCc1nn(CC)c(CC(N)c2cncs2)c1Br. The molecule has 0 saturated heterocycles. The Hall–Kier alpha value is -0.720. The van der Waals surface area contributed by atoms with E-state index >= 15 is 0 Å². The number of aromatic nitrogens is 3. The average Bonchev–Trinajstić information content (AvgIpc) is 2.99. The lowest BCUT2D eigenvalue weighted by Gasteiger charge is -2.11. The van der Waals surface area contributed by atoms with Gasteiger partial charge in [0.05, 0.1) is 21.4 Å². The molecule has 2 N–H and O–H groups in total. The molecule has 98 valence electrons.